The Hall–Kier alpha value is -2.62. The average Bonchev–Trinajstić information content (AvgIpc) is 2.47. The SMILES string of the molecule is CC(=O)N(C)c1cc(-c2ccccc2)cc(C(=O)O)c1C. The predicted molar refractivity (Wildman–Crippen MR) is 82.7 cm³/mol. The Balaban J connectivity index is 2.68. The van der Waals surface area contributed by atoms with Gasteiger partial charge in [-0.3, -0.25) is 4.79 Å². The molecule has 0 aliphatic carbocycles. The van der Waals surface area contributed by atoms with Crippen LogP contribution in [0.1, 0.15) is 22.8 Å². The first-order valence-corrected chi connectivity index (χ1v) is 6.59. The molecule has 0 unspecified atom stereocenters. The van der Waals surface area contributed by atoms with Crippen LogP contribution in [0, 0.1) is 6.92 Å². The number of carboxylic acid groups (broad SMARTS) is 1. The van der Waals surface area contributed by atoms with Gasteiger partial charge in [0.2, 0.25) is 5.91 Å². The fourth-order valence-electron chi connectivity index (χ4n) is 2.24. The van der Waals surface area contributed by atoms with E-state index in [1.165, 1.54) is 11.8 Å². The van der Waals surface area contributed by atoms with Crippen molar-refractivity contribution in [2.24, 2.45) is 0 Å². The summed E-state index contributed by atoms with van der Waals surface area (Å²) in [6.07, 6.45) is 0. The molecule has 21 heavy (non-hydrogen) atoms. The zero-order valence-corrected chi connectivity index (χ0v) is 12.3. The third-order valence-electron chi connectivity index (χ3n) is 3.55. The quantitative estimate of drug-likeness (QED) is 0.939. The summed E-state index contributed by atoms with van der Waals surface area (Å²) in [6, 6.07) is 13.0. The summed E-state index contributed by atoms with van der Waals surface area (Å²) in [6.45, 7) is 3.17. The molecule has 0 bridgehead atoms. The van der Waals surface area contributed by atoms with Crippen LogP contribution in [0.4, 0.5) is 5.69 Å². The molecule has 1 amide bonds. The van der Waals surface area contributed by atoms with Gasteiger partial charge in [0, 0.05) is 19.7 Å². The molecule has 2 rings (SSSR count). The second-order valence-electron chi connectivity index (χ2n) is 4.92. The van der Waals surface area contributed by atoms with E-state index < -0.39 is 5.97 Å². The van der Waals surface area contributed by atoms with Crippen molar-refractivity contribution in [1.82, 2.24) is 0 Å². The van der Waals surface area contributed by atoms with Crippen LogP contribution in [0.15, 0.2) is 42.5 Å². The van der Waals surface area contributed by atoms with Crippen molar-refractivity contribution in [3.63, 3.8) is 0 Å². The largest absolute Gasteiger partial charge is 0.478 e. The number of hydrogen-bond donors (Lipinski definition) is 1. The predicted octanol–water partition coefficient (Wildman–Crippen LogP) is 3.34. The Morgan fingerprint density at radius 3 is 2.19 bits per heavy atom. The molecule has 2 aromatic rings. The van der Waals surface area contributed by atoms with Crippen LogP contribution < -0.4 is 4.90 Å². The number of rotatable bonds is 3. The molecule has 0 fully saturated rings. The first kappa shape index (κ1) is 14.8. The lowest BCUT2D eigenvalue weighted by atomic mass is 9.97. The molecule has 0 atom stereocenters. The molecule has 0 radical (unpaired) electrons. The highest BCUT2D eigenvalue weighted by Crippen LogP contribution is 2.30. The Bertz CT molecular complexity index is 693. The number of amides is 1. The van der Waals surface area contributed by atoms with Crippen molar-refractivity contribution in [3.05, 3.63) is 53.6 Å². The number of anilines is 1. The van der Waals surface area contributed by atoms with Gasteiger partial charge in [-0.05, 0) is 35.7 Å². The first-order valence-electron chi connectivity index (χ1n) is 6.59. The molecule has 108 valence electrons. The number of benzene rings is 2. The fourth-order valence-corrected chi connectivity index (χ4v) is 2.24. The minimum atomic E-state index is -0.997. The van der Waals surface area contributed by atoms with E-state index in [1.807, 2.05) is 36.4 Å². The molecular formula is C17H17NO3. The Kier molecular flexibility index (Phi) is 4.08. The van der Waals surface area contributed by atoms with Gasteiger partial charge in [0.15, 0.2) is 0 Å². The first-order chi connectivity index (χ1) is 9.91. The second-order valence-corrected chi connectivity index (χ2v) is 4.92. The van der Waals surface area contributed by atoms with Crippen LogP contribution in [-0.4, -0.2) is 24.0 Å². The third kappa shape index (κ3) is 2.94. The van der Waals surface area contributed by atoms with Crippen molar-refractivity contribution in [2.75, 3.05) is 11.9 Å². The maximum absolute atomic E-state index is 11.6. The van der Waals surface area contributed by atoms with Gasteiger partial charge in [-0.15, -0.1) is 0 Å². The molecule has 0 aliphatic rings. The zero-order chi connectivity index (χ0) is 15.6. The van der Waals surface area contributed by atoms with Crippen LogP contribution in [0.3, 0.4) is 0 Å². The lowest BCUT2D eigenvalue weighted by Crippen LogP contribution is -2.24. The number of carbonyl (C=O) groups excluding carboxylic acids is 1. The highest BCUT2D eigenvalue weighted by molar-refractivity contribution is 5.98. The average molecular weight is 283 g/mol. The maximum atomic E-state index is 11.6. The van der Waals surface area contributed by atoms with E-state index in [2.05, 4.69) is 0 Å². The lowest BCUT2D eigenvalue weighted by molar-refractivity contribution is -0.116. The fraction of sp³-hybridized carbons (Fsp3) is 0.176. The standard InChI is InChI=1S/C17H17NO3/c1-11-15(17(20)21)9-14(13-7-5-4-6-8-13)10-16(11)18(3)12(2)19/h4-10H,1-3H3,(H,20,21). The molecule has 1 N–H and O–H groups in total. The van der Waals surface area contributed by atoms with E-state index in [-0.39, 0.29) is 11.5 Å². The smallest absolute Gasteiger partial charge is 0.336 e. The minimum Gasteiger partial charge on any atom is -0.478 e. The minimum absolute atomic E-state index is 0.139. The van der Waals surface area contributed by atoms with E-state index in [0.29, 0.717) is 11.3 Å². The molecule has 4 heteroatoms. The van der Waals surface area contributed by atoms with E-state index >= 15 is 0 Å². The number of carbonyl (C=O) groups is 2. The van der Waals surface area contributed by atoms with Gasteiger partial charge in [0.05, 0.1) is 5.56 Å². The molecule has 0 saturated heterocycles. The maximum Gasteiger partial charge on any atom is 0.336 e. The Morgan fingerprint density at radius 2 is 1.67 bits per heavy atom. The number of carboxylic acids is 1. The van der Waals surface area contributed by atoms with Gasteiger partial charge in [-0.2, -0.15) is 0 Å². The molecule has 0 aromatic heterocycles. The molecule has 2 aromatic carbocycles. The summed E-state index contributed by atoms with van der Waals surface area (Å²) in [7, 11) is 1.64. The van der Waals surface area contributed by atoms with Crippen LogP contribution in [-0.2, 0) is 4.79 Å². The van der Waals surface area contributed by atoms with Gasteiger partial charge in [0.1, 0.15) is 0 Å². The van der Waals surface area contributed by atoms with Gasteiger partial charge in [-0.1, -0.05) is 30.3 Å². The summed E-state index contributed by atoms with van der Waals surface area (Å²) in [5, 5.41) is 9.38. The highest BCUT2D eigenvalue weighted by atomic mass is 16.4. The van der Waals surface area contributed by atoms with Gasteiger partial charge < -0.3 is 10.0 Å². The lowest BCUT2D eigenvalue weighted by Gasteiger charge is -2.20. The van der Waals surface area contributed by atoms with Crippen LogP contribution in [0.2, 0.25) is 0 Å². The van der Waals surface area contributed by atoms with Gasteiger partial charge in [-0.25, -0.2) is 4.79 Å². The number of nitrogens with zero attached hydrogens (tertiary/aromatic N) is 1. The molecule has 0 saturated carbocycles. The van der Waals surface area contributed by atoms with Crippen molar-refractivity contribution < 1.29 is 14.7 Å². The summed E-state index contributed by atoms with van der Waals surface area (Å²) in [5.41, 5.74) is 3.10. The summed E-state index contributed by atoms with van der Waals surface area (Å²) in [5.74, 6) is -1.14. The Morgan fingerprint density at radius 1 is 1.05 bits per heavy atom. The summed E-state index contributed by atoms with van der Waals surface area (Å²) in [4.78, 5) is 24.5. The Labute approximate surface area is 123 Å². The topological polar surface area (TPSA) is 57.6 Å². The van der Waals surface area contributed by atoms with Crippen molar-refractivity contribution >= 4 is 17.6 Å². The monoisotopic (exact) mass is 283 g/mol. The van der Waals surface area contributed by atoms with Crippen LogP contribution in [0.5, 0.6) is 0 Å². The second kappa shape index (κ2) is 5.79. The third-order valence-corrected chi connectivity index (χ3v) is 3.55. The van der Waals surface area contributed by atoms with Crippen LogP contribution in [0.25, 0.3) is 11.1 Å². The molecular weight excluding hydrogens is 266 g/mol. The van der Waals surface area contributed by atoms with E-state index in [9.17, 15) is 14.7 Å². The molecule has 0 spiro atoms. The van der Waals surface area contributed by atoms with E-state index in [4.69, 9.17) is 0 Å². The van der Waals surface area contributed by atoms with Crippen molar-refractivity contribution in [2.45, 2.75) is 13.8 Å². The molecule has 4 nitrogen and oxygen atoms in total. The highest BCUT2D eigenvalue weighted by Gasteiger charge is 2.17. The van der Waals surface area contributed by atoms with Crippen LogP contribution >= 0.6 is 0 Å². The van der Waals surface area contributed by atoms with Crippen molar-refractivity contribution in [3.8, 4) is 11.1 Å². The normalized spacial score (nSPS) is 10.2. The number of hydrogen-bond acceptors (Lipinski definition) is 2. The zero-order valence-electron chi connectivity index (χ0n) is 12.3. The van der Waals surface area contributed by atoms with E-state index in [1.54, 1.807) is 20.0 Å². The van der Waals surface area contributed by atoms with Gasteiger partial charge >= 0.3 is 5.97 Å². The number of aromatic carboxylic acids is 1. The van der Waals surface area contributed by atoms with Crippen molar-refractivity contribution in [1.29, 1.82) is 0 Å². The van der Waals surface area contributed by atoms with Gasteiger partial charge in [0.25, 0.3) is 0 Å². The summed E-state index contributed by atoms with van der Waals surface area (Å²) < 4.78 is 0. The molecule has 0 aliphatic heterocycles. The molecule has 0 heterocycles. The van der Waals surface area contributed by atoms with E-state index in [0.717, 1.165) is 11.1 Å². The summed E-state index contributed by atoms with van der Waals surface area (Å²) >= 11 is 0.